The van der Waals surface area contributed by atoms with Crippen molar-refractivity contribution < 1.29 is 45.7 Å². The number of benzene rings is 1. The number of rotatable bonds is 15. The van der Waals surface area contributed by atoms with E-state index in [0.717, 1.165) is 23.6 Å². The number of carboxylic acid groups (broad SMARTS) is 1. The molecule has 1 amide bonds. The van der Waals surface area contributed by atoms with Gasteiger partial charge in [-0.05, 0) is 24.6 Å². The van der Waals surface area contributed by atoms with E-state index in [0.29, 0.717) is 18.7 Å². The highest BCUT2D eigenvalue weighted by Gasteiger charge is 2.33. The molecule has 1 aromatic heterocycles. The van der Waals surface area contributed by atoms with E-state index in [1.54, 1.807) is 0 Å². The molecule has 39 heavy (non-hydrogen) atoms. The Morgan fingerprint density at radius 1 is 1.15 bits per heavy atom. The Hall–Kier alpha value is -2.81. The summed E-state index contributed by atoms with van der Waals surface area (Å²) >= 11 is 5.98. The van der Waals surface area contributed by atoms with Gasteiger partial charge in [-0.2, -0.15) is 30.2 Å². The van der Waals surface area contributed by atoms with E-state index < -0.39 is 45.5 Å². The average molecular weight is 598 g/mol. The van der Waals surface area contributed by atoms with Crippen molar-refractivity contribution in [1.82, 2.24) is 13.6 Å². The molecule has 0 aliphatic carbocycles. The summed E-state index contributed by atoms with van der Waals surface area (Å²) in [5.74, 6) is -0.282. The number of alkyl halides is 3. The molecule has 0 aliphatic rings. The predicted molar refractivity (Wildman–Crippen MR) is 137 cm³/mol. The molecule has 2 aromatic rings. The van der Waals surface area contributed by atoms with Crippen LogP contribution in [0.1, 0.15) is 43.7 Å². The van der Waals surface area contributed by atoms with E-state index >= 15 is 0 Å². The van der Waals surface area contributed by atoms with Crippen LogP contribution < -0.4 is 9.47 Å². The molecule has 0 aliphatic heterocycles. The standard InChI is InChI=1S/C24H31ClF3N3O7S/c1-4-5-6-7-10-30(2)39(34,35)31(23(32)33)16-17-8-9-19(37-12-11-36-3)14-21(17)38-22-20(25)13-18(15-29-22)24(26,27)28/h8-9,13-15H,4-7,10-12,16H2,1-3H3,(H,32,33). The monoisotopic (exact) mass is 597 g/mol. The molecule has 10 nitrogen and oxygen atoms in total. The minimum atomic E-state index is -4.69. The molecule has 0 fully saturated rings. The van der Waals surface area contributed by atoms with Gasteiger partial charge in [0.05, 0.1) is 18.7 Å². The highest BCUT2D eigenvalue weighted by molar-refractivity contribution is 7.87. The first-order valence-electron chi connectivity index (χ1n) is 11.9. The number of pyridine rings is 1. The summed E-state index contributed by atoms with van der Waals surface area (Å²) < 4.78 is 82.5. The second kappa shape index (κ2) is 14.5. The quantitative estimate of drug-likeness (QED) is 0.256. The second-order valence-corrected chi connectivity index (χ2v) is 10.8. The van der Waals surface area contributed by atoms with Crippen molar-refractivity contribution in [2.24, 2.45) is 0 Å². The van der Waals surface area contributed by atoms with Gasteiger partial charge in [-0.3, -0.25) is 0 Å². The van der Waals surface area contributed by atoms with Gasteiger partial charge in [0.2, 0.25) is 5.88 Å². The third kappa shape index (κ3) is 9.41. The Balaban J connectivity index is 2.41. The number of aromatic nitrogens is 1. The fourth-order valence-electron chi connectivity index (χ4n) is 3.30. The molecule has 0 radical (unpaired) electrons. The molecule has 1 heterocycles. The van der Waals surface area contributed by atoms with Gasteiger partial charge in [-0.1, -0.05) is 37.8 Å². The largest absolute Gasteiger partial charge is 0.491 e. The lowest BCUT2D eigenvalue weighted by Gasteiger charge is -2.26. The SMILES string of the molecule is CCCCCCN(C)S(=O)(=O)N(Cc1ccc(OCCOC)cc1Oc1ncc(C(F)(F)F)cc1Cl)C(=O)O. The lowest BCUT2D eigenvalue weighted by Crippen LogP contribution is -2.44. The van der Waals surface area contributed by atoms with Gasteiger partial charge in [-0.15, -0.1) is 0 Å². The lowest BCUT2D eigenvalue weighted by atomic mass is 10.2. The number of carbonyl (C=O) groups is 1. The Morgan fingerprint density at radius 3 is 2.46 bits per heavy atom. The molecule has 0 bridgehead atoms. The second-order valence-electron chi connectivity index (χ2n) is 8.40. The van der Waals surface area contributed by atoms with E-state index in [1.165, 1.54) is 32.4 Å². The van der Waals surface area contributed by atoms with Gasteiger partial charge in [0.15, 0.2) is 0 Å². The summed E-state index contributed by atoms with van der Waals surface area (Å²) in [7, 11) is -1.68. The zero-order chi connectivity index (χ0) is 29.2. The number of nitrogens with zero attached hydrogens (tertiary/aromatic N) is 3. The van der Waals surface area contributed by atoms with Gasteiger partial charge in [0.25, 0.3) is 0 Å². The van der Waals surface area contributed by atoms with E-state index in [1.807, 2.05) is 6.92 Å². The Labute approximate surface area is 230 Å². The maximum atomic E-state index is 13.1. The van der Waals surface area contributed by atoms with Gasteiger partial charge in [-0.25, -0.2) is 9.78 Å². The first-order valence-corrected chi connectivity index (χ1v) is 13.7. The number of unbranched alkanes of at least 4 members (excludes halogenated alkanes) is 3. The van der Waals surface area contributed by atoms with Crippen LogP contribution in [0.5, 0.6) is 17.4 Å². The molecule has 2 rings (SSSR count). The molecular weight excluding hydrogens is 567 g/mol. The van der Waals surface area contributed by atoms with Crippen LogP contribution in [0.15, 0.2) is 30.5 Å². The van der Waals surface area contributed by atoms with Crippen molar-refractivity contribution in [1.29, 1.82) is 0 Å². The average Bonchev–Trinajstić information content (AvgIpc) is 2.86. The summed E-state index contributed by atoms with van der Waals surface area (Å²) in [6.07, 6.45) is -2.69. The zero-order valence-corrected chi connectivity index (χ0v) is 23.3. The van der Waals surface area contributed by atoms with Crippen molar-refractivity contribution >= 4 is 27.9 Å². The molecule has 0 atom stereocenters. The van der Waals surface area contributed by atoms with E-state index in [9.17, 15) is 31.5 Å². The molecular formula is C24H31ClF3N3O7S. The molecule has 0 unspecified atom stereocenters. The van der Waals surface area contributed by atoms with Gasteiger partial charge >= 0.3 is 22.5 Å². The molecule has 0 saturated heterocycles. The van der Waals surface area contributed by atoms with Crippen LogP contribution in [0.4, 0.5) is 18.0 Å². The Morgan fingerprint density at radius 2 is 1.87 bits per heavy atom. The Kier molecular flexibility index (Phi) is 12.1. The smallest absolute Gasteiger partial charge is 0.422 e. The fraction of sp³-hybridized carbons (Fsp3) is 0.500. The van der Waals surface area contributed by atoms with E-state index in [4.69, 9.17) is 25.8 Å². The van der Waals surface area contributed by atoms with Crippen LogP contribution >= 0.6 is 11.6 Å². The van der Waals surface area contributed by atoms with Gasteiger partial charge < -0.3 is 19.3 Å². The highest BCUT2D eigenvalue weighted by atomic mass is 35.5. The number of ether oxygens (including phenoxy) is 3. The summed E-state index contributed by atoms with van der Waals surface area (Å²) in [4.78, 5) is 15.7. The minimum absolute atomic E-state index is 0.0669. The normalized spacial score (nSPS) is 12.0. The first-order chi connectivity index (χ1) is 18.3. The lowest BCUT2D eigenvalue weighted by molar-refractivity contribution is -0.137. The maximum Gasteiger partial charge on any atom is 0.422 e. The molecule has 1 N–H and O–H groups in total. The number of hydrogen-bond donors (Lipinski definition) is 1. The van der Waals surface area contributed by atoms with Crippen LogP contribution in [0.3, 0.4) is 0 Å². The van der Waals surface area contributed by atoms with Crippen LogP contribution in [0.2, 0.25) is 5.02 Å². The van der Waals surface area contributed by atoms with E-state index in [2.05, 4.69) is 4.98 Å². The van der Waals surface area contributed by atoms with Crippen molar-refractivity contribution in [3.63, 3.8) is 0 Å². The third-order valence-electron chi connectivity index (χ3n) is 5.46. The summed E-state index contributed by atoms with van der Waals surface area (Å²) in [6, 6.07) is 4.79. The Bertz CT molecular complexity index is 1220. The molecule has 0 saturated carbocycles. The maximum absolute atomic E-state index is 13.1. The van der Waals surface area contributed by atoms with Crippen molar-refractivity contribution in [3.8, 4) is 17.4 Å². The van der Waals surface area contributed by atoms with Gasteiger partial charge in [0.1, 0.15) is 23.1 Å². The summed E-state index contributed by atoms with van der Waals surface area (Å²) in [6.45, 7) is 1.86. The van der Waals surface area contributed by atoms with Crippen molar-refractivity contribution in [2.45, 2.75) is 45.3 Å². The molecule has 1 aromatic carbocycles. The number of halogens is 4. The molecule has 218 valence electrons. The number of methoxy groups -OCH3 is 1. The van der Waals surface area contributed by atoms with Crippen molar-refractivity contribution in [2.75, 3.05) is 33.9 Å². The summed E-state index contributed by atoms with van der Waals surface area (Å²) in [5.41, 5.74) is -1.03. The number of amides is 1. The number of hydrogen-bond acceptors (Lipinski definition) is 7. The topological polar surface area (TPSA) is 119 Å². The molecule has 0 spiro atoms. The zero-order valence-electron chi connectivity index (χ0n) is 21.7. The first kappa shape index (κ1) is 32.4. The van der Waals surface area contributed by atoms with E-state index in [-0.39, 0.29) is 41.1 Å². The summed E-state index contributed by atoms with van der Waals surface area (Å²) in [5, 5.41) is 9.30. The van der Waals surface area contributed by atoms with Gasteiger partial charge in [0, 0.05) is 38.5 Å². The third-order valence-corrected chi connectivity index (χ3v) is 7.55. The highest BCUT2D eigenvalue weighted by Crippen LogP contribution is 2.37. The van der Waals surface area contributed by atoms with Crippen molar-refractivity contribution in [3.05, 3.63) is 46.6 Å². The molecule has 15 heteroatoms. The predicted octanol–water partition coefficient (Wildman–Crippen LogP) is 5.81. The van der Waals surface area contributed by atoms with Crippen LogP contribution in [-0.4, -0.2) is 67.1 Å². The van der Waals surface area contributed by atoms with Crippen LogP contribution in [-0.2, 0) is 27.7 Å². The van der Waals surface area contributed by atoms with Crippen LogP contribution in [0, 0.1) is 0 Å². The fourth-order valence-corrected chi connectivity index (χ4v) is 4.70. The minimum Gasteiger partial charge on any atom is -0.491 e. The van der Waals surface area contributed by atoms with Crippen LogP contribution in [0.25, 0.3) is 0 Å².